The Morgan fingerprint density at radius 1 is 1.19 bits per heavy atom. The monoisotopic (exact) mass is 212 g/mol. The van der Waals surface area contributed by atoms with Crippen LogP contribution >= 0.6 is 0 Å². The molecular formula is C13H12N2O. The number of aromatic nitrogens is 1. The van der Waals surface area contributed by atoms with Crippen molar-refractivity contribution in [3.63, 3.8) is 0 Å². The van der Waals surface area contributed by atoms with E-state index in [1.54, 1.807) is 6.20 Å². The van der Waals surface area contributed by atoms with Gasteiger partial charge in [0.15, 0.2) is 0 Å². The summed E-state index contributed by atoms with van der Waals surface area (Å²) in [7, 11) is 0. The molecule has 1 aliphatic rings. The predicted octanol–water partition coefficient (Wildman–Crippen LogP) is 2.76. The van der Waals surface area contributed by atoms with Crippen molar-refractivity contribution in [3.05, 3.63) is 48.2 Å². The molecule has 16 heavy (non-hydrogen) atoms. The molecule has 0 bridgehead atoms. The van der Waals surface area contributed by atoms with E-state index in [-0.39, 0.29) is 0 Å². The molecule has 3 heteroatoms. The lowest BCUT2D eigenvalue weighted by molar-refractivity contribution is 0.357. The minimum absolute atomic E-state index is 0.794. The van der Waals surface area contributed by atoms with E-state index in [0.717, 1.165) is 30.3 Å². The topological polar surface area (TPSA) is 34.1 Å². The third-order valence-corrected chi connectivity index (χ3v) is 2.63. The second-order valence-electron chi connectivity index (χ2n) is 3.76. The maximum absolute atomic E-state index is 5.46. The van der Waals surface area contributed by atoms with Crippen LogP contribution in [0.15, 0.2) is 42.6 Å². The standard InChI is InChI=1S/C13H12N2O/c1-2-7-14-13(3-1)15-11-4-5-12-10(9-11)6-8-16-12/h1-5,7,9H,6,8H2,(H,14,15). The molecule has 1 aromatic heterocycles. The molecule has 0 unspecified atom stereocenters. The van der Waals surface area contributed by atoms with E-state index in [1.807, 2.05) is 30.3 Å². The fraction of sp³-hybridized carbons (Fsp3) is 0.154. The van der Waals surface area contributed by atoms with Crippen LogP contribution in [0.3, 0.4) is 0 Å². The molecule has 0 amide bonds. The van der Waals surface area contributed by atoms with Crippen molar-refractivity contribution in [3.8, 4) is 5.75 Å². The van der Waals surface area contributed by atoms with E-state index in [2.05, 4.69) is 16.4 Å². The van der Waals surface area contributed by atoms with Gasteiger partial charge in [0, 0.05) is 18.3 Å². The van der Waals surface area contributed by atoms with Gasteiger partial charge in [0.1, 0.15) is 11.6 Å². The highest BCUT2D eigenvalue weighted by Crippen LogP contribution is 2.28. The highest BCUT2D eigenvalue weighted by atomic mass is 16.5. The van der Waals surface area contributed by atoms with Gasteiger partial charge < -0.3 is 10.1 Å². The molecular weight excluding hydrogens is 200 g/mol. The SMILES string of the molecule is c1ccc(Nc2ccc3c(c2)CCO3)nc1. The predicted molar refractivity (Wildman–Crippen MR) is 63.2 cm³/mol. The van der Waals surface area contributed by atoms with E-state index in [1.165, 1.54) is 5.56 Å². The Balaban J connectivity index is 1.86. The van der Waals surface area contributed by atoms with Crippen LogP contribution < -0.4 is 10.1 Å². The average Bonchev–Trinajstić information content (AvgIpc) is 2.77. The summed E-state index contributed by atoms with van der Waals surface area (Å²) in [6.45, 7) is 0.794. The summed E-state index contributed by atoms with van der Waals surface area (Å²) in [5.74, 6) is 1.87. The number of fused-ring (bicyclic) bond motifs is 1. The van der Waals surface area contributed by atoms with Gasteiger partial charge >= 0.3 is 0 Å². The molecule has 0 saturated heterocycles. The number of hydrogen-bond acceptors (Lipinski definition) is 3. The minimum atomic E-state index is 0.794. The molecule has 0 spiro atoms. The Morgan fingerprint density at radius 2 is 2.19 bits per heavy atom. The maximum Gasteiger partial charge on any atom is 0.130 e. The summed E-state index contributed by atoms with van der Waals surface area (Å²) in [5, 5.41) is 3.27. The molecule has 2 heterocycles. The van der Waals surface area contributed by atoms with Crippen LogP contribution in [0.25, 0.3) is 0 Å². The highest BCUT2D eigenvalue weighted by Gasteiger charge is 2.11. The normalized spacial score (nSPS) is 13.0. The summed E-state index contributed by atoms with van der Waals surface area (Å²) < 4.78 is 5.46. The quantitative estimate of drug-likeness (QED) is 0.831. The Hall–Kier alpha value is -2.03. The van der Waals surface area contributed by atoms with Crippen LogP contribution in [-0.2, 0) is 6.42 Å². The number of rotatable bonds is 2. The van der Waals surface area contributed by atoms with Crippen LogP contribution in [0.4, 0.5) is 11.5 Å². The summed E-state index contributed by atoms with van der Waals surface area (Å²) in [6, 6.07) is 12.0. The third kappa shape index (κ3) is 1.72. The first-order valence-electron chi connectivity index (χ1n) is 5.35. The number of hydrogen-bond donors (Lipinski definition) is 1. The van der Waals surface area contributed by atoms with Crippen molar-refractivity contribution in [2.45, 2.75) is 6.42 Å². The minimum Gasteiger partial charge on any atom is -0.493 e. The largest absolute Gasteiger partial charge is 0.493 e. The maximum atomic E-state index is 5.46. The zero-order valence-corrected chi connectivity index (χ0v) is 8.81. The van der Waals surface area contributed by atoms with Gasteiger partial charge in [-0.2, -0.15) is 0 Å². The van der Waals surface area contributed by atoms with Crippen LogP contribution in [0.2, 0.25) is 0 Å². The summed E-state index contributed by atoms with van der Waals surface area (Å²) in [5.41, 5.74) is 2.32. The van der Waals surface area contributed by atoms with Gasteiger partial charge in [-0.05, 0) is 35.9 Å². The van der Waals surface area contributed by atoms with Crippen molar-refractivity contribution in [1.82, 2.24) is 4.98 Å². The van der Waals surface area contributed by atoms with Crippen LogP contribution in [0.5, 0.6) is 5.75 Å². The van der Waals surface area contributed by atoms with Crippen molar-refractivity contribution in [2.75, 3.05) is 11.9 Å². The molecule has 3 rings (SSSR count). The first-order chi connectivity index (χ1) is 7.92. The number of anilines is 2. The van der Waals surface area contributed by atoms with Crippen molar-refractivity contribution in [1.29, 1.82) is 0 Å². The highest BCUT2D eigenvalue weighted by molar-refractivity contribution is 5.59. The molecule has 2 aromatic rings. The van der Waals surface area contributed by atoms with Gasteiger partial charge in [-0.15, -0.1) is 0 Å². The molecule has 0 saturated carbocycles. The van der Waals surface area contributed by atoms with E-state index in [4.69, 9.17) is 4.74 Å². The van der Waals surface area contributed by atoms with E-state index in [9.17, 15) is 0 Å². The molecule has 0 fully saturated rings. The third-order valence-electron chi connectivity index (χ3n) is 2.63. The molecule has 0 aliphatic carbocycles. The van der Waals surface area contributed by atoms with E-state index < -0.39 is 0 Å². The fourth-order valence-corrected chi connectivity index (χ4v) is 1.85. The van der Waals surface area contributed by atoms with Crippen molar-refractivity contribution in [2.24, 2.45) is 0 Å². The van der Waals surface area contributed by atoms with Crippen LogP contribution in [-0.4, -0.2) is 11.6 Å². The van der Waals surface area contributed by atoms with Gasteiger partial charge in [-0.25, -0.2) is 4.98 Å². The van der Waals surface area contributed by atoms with Gasteiger partial charge in [-0.3, -0.25) is 0 Å². The summed E-state index contributed by atoms with van der Waals surface area (Å²) in [4.78, 5) is 4.23. The number of nitrogens with zero attached hydrogens (tertiary/aromatic N) is 1. The van der Waals surface area contributed by atoms with Crippen LogP contribution in [0, 0.1) is 0 Å². The van der Waals surface area contributed by atoms with Crippen molar-refractivity contribution >= 4 is 11.5 Å². The lowest BCUT2D eigenvalue weighted by Gasteiger charge is -2.06. The molecule has 1 N–H and O–H groups in total. The average molecular weight is 212 g/mol. The van der Waals surface area contributed by atoms with E-state index in [0.29, 0.717) is 0 Å². The Labute approximate surface area is 94.1 Å². The molecule has 1 aromatic carbocycles. The molecule has 0 atom stereocenters. The lowest BCUT2D eigenvalue weighted by Crippen LogP contribution is -1.92. The molecule has 0 radical (unpaired) electrons. The number of nitrogens with one attached hydrogen (secondary N) is 1. The Morgan fingerprint density at radius 3 is 3.06 bits per heavy atom. The molecule has 3 nitrogen and oxygen atoms in total. The molecule has 1 aliphatic heterocycles. The first kappa shape index (κ1) is 9.21. The summed E-state index contributed by atoms with van der Waals surface area (Å²) in [6.07, 6.45) is 2.77. The second-order valence-corrected chi connectivity index (χ2v) is 3.76. The van der Waals surface area contributed by atoms with E-state index >= 15 is 0 Å². The van der Waals surface area contributed by atoms with Gasteiger partial charge in [0.25, 0.3) is 0 Å². The zero-order chi connectivity index (χ0) is 10.8. The van der Waals surface area contributed by atoms with Gasteiger partial charge in [0.2, 0.25) is 0 Å². The summed E-state index contributed by atoms with van der Waals surface area (Å²) >= 11 is 0. The fourth-order valence-electron chi connectivity index (χ4n) is 1.85. The van der Waals surface area contributed by atoms with Gasteiger partial charge in [0.05, 0.1) is 6.61 Å². The Bertz CT molecular complexity index is 497. The first-order valence-corrected chi connectivity index (χ1v) is 5.35. The second kappa shape index (κ2) is 3.85. The lowest BCUT2D eigenvalue weighted by atomic mass is 10.1. The Kier molecular flexibility index (Phi) is 2.22. The zero-order valence-electron chi connectivity index (χ0n) is 8.81. The number of benzene rings is 1. The van der Waals surface area contributed by atoms with Crippen LogP contribution in [0.1, 0.15) is 5.56 Å². The van der Waals surface area contributed by atoms with Gasteiger partial charge in [-0.1, -0.05) is 6.07 Å². The molecule has 80 valence electrons. The van der Waals surface area contributed by atoms with Crippen molar-refractivity contribution < 1.29 is 4.74 Å². The number of ether oxygens (including phenoxy) is 1. The number of pyridine rings is 1. The smallest absolute Gasteiger partial charge is 0.130 e.